The van der Waals surface area contributed by atoms with Gasteiger partial charge in [-0.15, -0.1) is 29.3 Å². The van der Waals surface area contributed by atoms with Crippen molar-refractivity contribution in [2.45, 2.75) is 151 Å². The molecule has 0 unspecified atom stereocenters. The van der Waals surface area contributed by atoms with E-state index in [1.807, 2.05) is 105 Å². The van der Waals surface area contributed by atoms with Crippen LogP contribution in [0.15, 0.2) is 121 Å². The quantitative estimate of drug-likeness (QED) is 0.154. The van der Waals surface area contributed by atoms with Crippen LogP contribution in [0.1, 0.15) is 189 Å². The Morgan fingerprint density at radius 2 is 1.31 bits per heavy atom. The first kappa shape index (κ1) is 31.7. The average molecular weight is 1130 g/mol. The van der Waals surface area contributed by atoms with E-state index in [9.17, 15) is 13.3 Å². The molecule has 2 heterocycles. The van der Waals surface area contributed by atoms with Crippen LogP contribution in [-0.2, 0) is 42.7 Å². The van der Waals surface area contributed by atoms with E-state index < -0.39 is 114 Å². The molecule has 2 aromatic heterocycles. The topological polar surface area (TPSA) is 50.9 Å². The predicted molar refractivity (Wildman–Crippen MR) is 294 cm³/mol. The van der Waals surface area contributed by atoms with Crippen LogP contribution < -0.4 is 0 Å². The van der Waals surface area contributed by atoms with Gasteiger partial charge in [0.25, 0.3) is 0 Å². The van der Waals surface area contributed by atoms with Crippen LogP contribution in [0.25, 0.3) is 72.7 Å². The number of hydrogen-bond acceptors (Lipinski definition) is 3. The molecule has 5 heteroatoms. The molecule has 0 amide bonds. The van der Waals surface area contributed by atoms with Crippen LogP contribution in [0.4, 0.5) is 0 Å². The molecule has 0 spiro atoms. The Morgan fingerprint density at radius 3 is 1.94 bits per heavy atom. The minimum absolute atomic E-state index is 0. The summed E-state index contributed by atoms with van der Waals surface area (Å²) < 4.78 is 177. The van der Waals surface area contributed by atoms with Gasteiger partial charge in [0.05, 0.1) is 31.9 Å². The summed E-state index contributed by atoms with van der Waals surface area (Å²) in [7, 11) is 0. The summed E-state index contributed by atoms with van der Waals surface area (Å²) in [6, 6.07) is 20.5. The Hall–Kier alpha value is -5.57. The van der Waals surface area contributed by atoms with Gasteiger partial charge in [-0.2, -0.15) is 0 Å². The SMILES string of the molecule is [2H]c1nc(-c2[c-]c(-c3cccc4c3nc(-c3cc(C(C)(C)C)cc(C(C)(C)C)c3O)n4-c3ccc(-c4cc(C(C)C)cc(C([2H])(C)C)c4)cc3C([2H])([2H])[2H])cc(C(C)(C)C)c2)c([2H])c(-c2c([2H])c([2H])c(C(C([2H])([2H])[2H])(C([2H])([2H])[2H])C([2H])([2H])[2H])c([2H])c2[2H])c1[2H].[Pt]. The Labute approximate surface area is 462 Å². The summed E-state index contributed by atoms with van der Waals surface area (Å²) in [5.41, 5.74) is -1.76. The van der Waals surface area contributed by atoms with Crippen LogP contribution in [0.2, 0.25) is 0 Å². The molecule has 0 aliphatic rings. The zero-order valence-corrected chi connectivity index (χ0v) is 44.5. The third-order valence-electron chi connectivity index (χ3n) is 12.6. The summed E-state index contributed by atoms with van der Waals surface area (Å²) >= 11 is 0. The molecule has 70 heavy (non-hydrogen) atoms. The Balaban J connectivity index is 0.0000115. The van der Waals surface area contributed by atoms with Crippen molar-refractivity contribution in [2.24, 2.45) is 0 Å². The number of para-hydroxylation sites is 1. The van der Waals surface area contributed by atoms with Crippen molar-refractivity contribution in [3.05, 3.63) is 166 Å². The number of benzene rings is 6. The van der Waals surface area contributed by atoms with Crippen LogP contribution in [-0.4, -0.2) is 19.6 Å². The minimum atomic E-state index is -3.96. The van der Waals surface area contributed by atoms with Crippen LogP contribution in [0.3, 0.4) is 0 Å². The van der Waals surface area contributed by atoms with Gasteiger partial charge >= 0.3 is 0 Å². The molecule has 0 saturated heterocycles. The van der Waals surface area contributed by atoms with Gasteiger partial charge in [-0.25, -0.2) is 4.98 Å². The van der Waals surface area contributed by atoms with E-state index >= 15 is 0 Å². The largest absolute Gasteiger partial charge is 0.507 e. The molecule has 0 radical (unpaired) electrons. The average Bonchev–Trinajstić information content (AvgIpc) is 0.764. The fraction of sp³-hybridized carbons (Fsp3) is 0.354. The smallest absolute Gasteiger partial charge is 0.148 e. The van der Waals surface area contributed by atoms with Gasteiger partial charge in [-0.1, -0.05) is 194 Å². The maximum Gasteiger partial charge on any atom is 0.148 e. The van der Waals surface area contributed by atoms with Crippen molar-refractivity contribution >= 4 is 11.0 Å². The molecular weight excluding hydrogens is 1030 g/mol. The second-order valence-electron chi connectivity index (χ2n) is 21.7. The van der Waals surface area contributed by atoms with Crippen LogP contribution >= 0.6 is 0 Å². The Bertz CT molecular complexity index is 4080. The van der Waals surface area contributed by atoms with Gasteiger partial charge in [0, 0.05) is 56.3 Å². The number of hydrogen-bond donors (Lipinski definition) is 1. The standard InChI is InChI=1S/C65H74N3O.Pt/c1-39(2)45-30-46(40(3)4)32-47(31-45)43-23-26-57(41(5)29-43)68-58-20-18-19-53(59(58)67-61(68)54-37-52(64(12,13)14)38-55(60(54)69)65(15,16)17)48-33-49(35-51(34-48)63(9,10)11)56-36-44(27-28-66-56)42-21-24-50(25-22-42)62(6,7)8;/h18-32,34-40,69H,1-17H3;/q-1;/i5D3,6D3,7D3,8D3,21D,22D,24D,25D,27D,28D,36D,39D;. The molecule has 8 aromatic rings. The summed E-state index contributed by atoms with van der Waals surface area (Å²) in [5, 5.41) is 12.7. The third kappa shape index (κ3) is 10.6. The molecule has 0 aliphatic heterocycles. The van der Waals surface area contributed by atoms with Gasteiger partial charge in [0.15, 0.2) is 0 Å². The number of imidazole rings is 1. The normalized spacial score (nSPS) is 17.6. The van der Waals surface area contributed by atoms with Gasteiger partial charge in [0.2, 0.25) is 0 Å². The second-order valence-corrected chi connectivity index (χ2v) is 21.7. The van der Waals surface area contributed by atoms with Gasteiger partial charge in [-0.3, -0.25) is 9.55 Å². The van der Waals surface area contributed by atoms with E-state index in [1.54, 1.807) is 54.8 Å². The molecule has 0 fully saturated rings. The number of aryl methyl sites for hydroxylation is 1. The van der Waals surface area contributed by atoms with Crippen molar-refractivity contribution < 1.29 is 53.6 Å². The first-order valence-electron chi connectivity index (χ1n) is 33.3. The van der Waals surface area contributed by atoms with E-state index in [-0.39, 0.29) is 61.1 Å². The molecule has 6 aromatic carbocycles. The number of nitrogens with zero attached hydrogens (tertiary/aromatic N) is 3. The van der Waals surface area contributed by atoms with E-state index in [1.165, 1.54) is 0 Å². The summed E-state index contributed by atoms with van der Waals surface area (Å²) in [5.74, 6) is -0.770. The van der Waals surface area contributed by atoms with E-state index in [0.29, 0.717) is 44.4 Å². The number of rotatable bonds is 8. The number of phenolic OH excluding ortho intramolecular Hbond substituents is 1. The maximum absolute atomic E-state index is 12.7. The van der Waals surface area contributed by atoms with Crippen molar-refractivity contribution in [3.63, 3.8) is 0 Å². The number of aromatic hydroxyl groups is 1. The summed E-state index contributed by atoms with van der Waals surface area (Å²) in [6.45, 7) is 10.9. The first-order chi connectivity index (χ1) is 40.4. The first-order valence-corrected chi connectivity index (χ1v) is 23.3. The molecule has 0 atom stereocenters. The van der Waals surface area contributed by atoms with Crippen molar-refractivity contribution in [2.75, 3.05) is 0 Å². The molecule has 4 nitrogen and oxygen atoms in total. The molecule has 0 saturated carbocycles. The van der Waals surface area contributed by atoms with Crippen molar-refractivity contribution in [3.8, 4) is 67.5 Å². The number of pyridine rings is 1. The van der Waals surface area contributed by atoms with Crippen molar-refractivity contribution in [1.82, 2.24) is 14.5 Å². The summed E-state index contributed by atoms with van der Waals surface area (Å²) in [4.78, 5) is 9.77. The van der Waals surface area contributed by atoms with Gasteiger partial charge in [0.1, 0.15) is 11.6 Å². The fourth-order valence-electron chi connectivity index (χ4n) is 8.37. The zero-order valence-electron chi connectivity index (χ0n) is 62.2. The van der Waals surface area contributed by atoms with Gasteiger partial charge in [-0.05, 0) is 121 Å². The zero-order chi connectivity index (χ0) is 67.1. The summed E-state index contributed by atoms with van der Waals surface area (Å²) in [6.07, 6.45) is -0.799. The fourth-order valence-corrected chi connectivity index (χ4v) is 8.37. The van der Waals surface area contributed by atoms with Crippen molar-refractivity contribution in [1.29, 1.82) is 0 Å². The Kier molecular flexibility index (Phi) is 8.70. The molecule has 0 bridgehead atoms. The second kappa shape index (κ2) is 19.2. The van der Waals surface area contributed by atoms with Crippen LogP contribution in [0, 0.1) is 12.9 Å². The maximum atomic E-state index is 12.7. The number of phenols is 1. The minimum Gasteiger partial charge on any atom is -0.507 e. The van der Waals surface area contributed by atoms with Crippen LogP contribution in [0.5, 0.6) is 5.75 Å². The third-order valence-corrected chi connectivity index (χ3v) is 12.6. The predicted octanol–water partition coefficient (Wildman–Crippen LogP) is 18.0. The molecule has 366 valence electrons. The van der Waals surface area contributed by atoms with E-state index in [2.05, 4.69) is 24.9 Å². The van der Waals surface area contributed by atoms with Gasteiger partial charge < -0.3 is 5.11 Å². The monoisotopic (exact) mass is 1130 g/mol. The number of aromatic nitrogens is 3. The Morgan fingerprint density at radius 1 is 0.643 bits per heavy atom. The van der Waals surface area contributed by atoms with E-state index in [0.717, 1.165) is 22.3 Å². The van der Waals surface area contributed by atoms with E-state index in [4.69, 9.17) is 24.2 Å². The molecule has 0 aliphatic carbocycles. The molecule has 1 N–H and O–H groups in total. The molecular formula is C65H74N3OPt-. The molecule has 8 rings (SSSR count). The number of fused-ring (bicyclic) bond motifs is 1.